The van der Waals surface area contributed by atoms with Gasteiger partial charge < -0.3 is 9.80 Å². The molecule has 0 atom stereocenters. The number of benzene rings is 2. The molecule has 10 rings (SSSR count). The molecule has 0 amide bonds. The van der Waals surface area contributed by atoms with Gasteiger partial charge in [-0.2, -0.15) is 0 Å². The second-order valence-corrected chi connectivity index (χ2v) is 13.7. The van der Waals surface area contributed by atoms with Crippen molar-refractivity contribution in [3.8, 4) is 0 Å². The zero-order valence-electron chi connectivity index (χ0n) is 21.8. The van der Waals surface area contributed by atoms with Crippen molar-refractivity contribution in [1.82, 2.24) is 0 Å². The van der Waals surface area contributed by atoms with Gasteiger partial charge in [0.1, 0.15) is 0 Å². The number of nitrogens with zero attached hydrogens (tertiary/aromatic N) is 2. The van der Waals surface area contributed by atoms with Crippen molar-refractivity contribution in [3.63, 3.8) is 0 Å². The normalized spacial score (nSPS) is 40.3. The number of hydrogen-bond acceptors (Lipinski definition) is 2. The number of halogens is 1. The first-order valence-corrected chi connectivity index (χ1v) is 17.4. The van der Waals surface area contributed by atoms with Crippen molar-refractivity contribution < 1.29 is 20.0 Å². The van der Waals surface area contributed by atoms with Gasteiger partial charge in [0.15, 0.2) is 0 Å². The average Bonchev–Trinajstić information content (AvgIpc) is 2.89. The first kappa shape index (κ1) is 25.1. The molecule has 8 saturated carbocycles. The molecule has 8 bridgehead atoms. The Morgan fingerprint density at radius 1 is 0.514 bits per heavy atom. The predicted octanol–water partition coefficient (Wildman–Crippen LogP) is 8.62. The molecule has 8 aliphatic rings. The summed E-state index contributed by atoms with van der Waals surface area (Å²) in [6.45, 7) is 4.27. The minimum atomic E-state index is 0.255. The molecule has 8 fully saturated rings. The number of rotatable bonds is 6. The van der Waals surface area contributed by atoms with Crippen molar-refractivity contribution in [1.29, 1.82) is 0 Å². The molecule has 8 aliphatic carbocycles. The van der Waals surface area contributed by atoms with Gasteiger partial charge in [0.05, 0.1) is 0 Å². The number of anilines is 2. The van der Waals surface area contributed by atoms with E-state index in [0.29, 0.717) is 0 Å². The van der Waals surface area contributed by atoms with Crippen molar-refractivity contribution in [2.24, 2.45) is 35.5 Å². The monoisotopic (exact) mass is 696 g/mol. The predicted molar refractivity (Wildman–Crippen MR) is 149 cm³/mol. The third kappa shape index (κ3) is 4.43. The van der Waals surface area contributed by atoms with Gasteiger partial charge in [-0.15, -0.1) is 0 Å². The van der Waals surface area contributed by atoms with Gasteiger partial charge in [-0.25, -0.2) is 0 Å². The van der Waals surface area contributed by atoms with Crippen molar-refractivity contribution in [2.45, 2.75) is 88.1 Å². The second-order valence-electron chi connectivity index (χ2n) is 13.7. The molecule has 4 heteroatoms. The van der Waals surface area contributed by atoms with Crippen LogP contribution in [0.3, 0.4) is 0 Å². The maximum absolute atomic E-state index is 4.58. The molecule has 0 aromatic heterocycles. The zero-order chi connectivity index (χ0) is 25.0. The zero-order valence-corrected chi connectivity index (χ0v) is 24.7. The molecule has 0 N–H and O–H groups in total. The van der Waals surface area contributed by atoms with Crippen LogP contribution in [-0.2, 0) is 20.0 Å². The molecule has 0 spiro atoms. The molecule has 2 aromatic carbocycles. The van der Waals surface area contributed by atoms with Gasteiger partial charge in [-0.05, 0) is 137 Å². The van der Waals surface area contributed by atoms with Crippen LogP contribution < -0.4 is 9.80 Å². The average molecular weight is 697 g/mol. The molecule has 2 nitrogen and oxygen atoms in total. The molecular formula is C33H40AuClN2. The van der Waals surface area contributed by atoms with Crippen LogP contribution in [-0.4, -0.2) is 11.1 Å². The standard InChI is InChI=1S/C33H40N2.Au.ClH/c1-3-7-30(8-4-1)34(32-17-24-11-25(18-32)13-26(12-24)19-32)23-35(31-9-5-2-6-10-31)33-20-27-14-28(21-33)16-29(15-27)22-33;;/h1-10,24-29H,11-22H2;;1H/q;+1;/p-1. The van der Waals surface area contributed by atoms with Crippen LogP contribution in [0.4, 0.5) is 11.4 Å². The van der Waals surface area contributed by atoms with Crippen LogP contribution >= 0.6 is 9.19 Å². The molecule has 2 radical (unpaired) electrons. The fourth-order valence-electron chi connectivity index (χ4n) is 10.8. The first-order valence-electron chi connectivity index (χ1n) is 14.7. The summed E-state index contributed by atoms with van der Waals surface area (Å²) < 4.78 is 0. The third-order valence-corrected chi connectivity index (χ3v) is 11.2. The van der Waals surface area contributed by atoms with E-state index in [4.69, 9.17) is 0 Å². The summed E-state index contributed by atoms with van der Waals surface area (Å²) in [5.41, 5.74) is 3.23. The molecule has 2 aromatic rings. The van der Waals surface area contributed by atoms with E-state index in [-0.39, 0.29) is 11.1 Å². The summed E-state index contributed by atoms with van der Waals surface area (Å²) in [5.74, 6) is 5.58. The topological polar surface area (TPSA) is 6.48 Å². The van der Waals surface area contributed by atoms with E-state index in [1.165, 1.54) is 88.4 Å². The fraction of sp³-hybridized carbons (Fsp3) is 0.606. The number of hydrogen-bond donors (Lipinski definition) is 0. The Morgan fingerprint density at radius 2 is 0.784 bits per heavy atom. The Labute approximate surface area is 240 Å². The van der Waals surface area contributed by atoms with Crippen LogP contribution in [0.5, 0.6) is 0 Å². The fourth-order valence-corrected chi connectivity index (χ4v) is 10.8. The maximum atomic E-state index is 4.58. The molecule has 0 unspecified atom stereocenters. The molecule has 0 heterocycles. The van der Waals surface area contributed by atoms with Crippen LogP contribution in [0.2, 0.25) is 0 Å². The molecule has 200 valence electrons. The van der Waals surface area contributed by atoms with E-state index in [2.05, 4.69) is 86.3 Å². The van der Waals surface area contributed by atoms with Crippen LogP contribution in [0.1, 0.15) is 77.0 Å². The van der Waals surface area contributed by atoms with Crippen LogP contribution in [0.15, 0.2) is 60.7 Å². The first-order chi connectivity index (χ1) is 18.2. The van der Waals surface area contributed by atoms with Gasteiger partial charge in [0.2, 0.25) is 6.67 Å². The van der Waals surface area contributed by atoms with E-state index in [0.717, 1.165) is 35.5 Å². The van der Waals surface area contributed by atoms with Gasteiger partial charge in [0, 0.05) is 22.5 Å². The Morgan fingerprint density at radius 3 is 1.05 bits per heavy atom. The quantitative estimate of drug-likeness (QED) is 0.221. The summed E-state index contributed by atoms with van der Waals surface area (Å²) in [4.78, 5) is 5.42. The third-order valence-electron chi connectivity index (χ3n) is 11.2. The van der Waals surface area contributed by atoms with E-state index in [1.54, 1.807) is 20.0 Å². The van der Waals surface area contributed by atoms with Crippen molar-refractivity contribution in [3.05, 3.63) is 67.3 Å². The molecule has 0 saturated heterocycles. The van der Waals surface area contributed by atoms with E-state index >= 15 is 0 Å². The molecule has 37 heavy (non-hydrogen) atoms. The Bertz CT molecular complexity index is 916. The van der Waals surface area contributed by atoms with Gasteiger partial charge >= 0.3 is 29.2 Å². The Balaban J connectivity index is 0.00000113. The van der Waals surface area contributed by atoms with E-state index in [1.807, 2.05) is 0 Å². The number of para-hydroxylation sites is 2. The Hall–Kier alpha value is -0.930. The van der Waals surface area contributed by atoms with Crippen LogP contribution in [0.25, 0.3) is 0 Å². The van der Waals surface area contributed by atoms with E-state index < -0.39 is 0 Å². The van der Waals surface area contributed by atoms with Gasteiger partial charge in [0.25, 0.3) is 0 Å². The Kier molecular flexibility index (Phi) is 6.72. The van der Waals surface area contributed by atoms with Crippen molar-refractivity contribution in [2.75, 3.05) is 9.80 Å². The van der Waals surface area contributed by atoms with Crippen LogP contribution in [0, 0.1) is 42.2 Å². The van der Waals surface area contributed by atoms with E-state index in [9.17, 15) is 0 Å². The summed E-state index contributed by atoms with van der Waals surface area (Å²) in [5, 5.41) is 0. The summed E-state index contributed by atoms with van der Waals surface area (Å²) in [6.07, 6.45) is 17.1. The summed E-state index contributed by atoms with van der Waals surface area (Å²) >= 11 is 1.75. The van der Waals surface area contributed by atoms with Crippen molar-refractivity contribution >= 4 is 20.6 Å². The van der Waals surface area contributed by atoms with Gasteiger partial charge in [-0.1, -0.05) is 36.4 Å². The minimum absolute atomic E-state index is 0.255. The van der Waals surface area contributed by atoms with Gasteiger partial charge in [-0.3, -0.25) is 0 Å². The SMILES string of the molecule is [C](N(c1ccccc1)C12CC3CC(CC(C3)C1)C2)N(c1ccccc1)C12CC3CC(CC(C3)C1)C2.[Cl][Au]. The molecule has 0 aliphatic heterocycles. The summed E-state index contributed by atoms with van der Waals surface area (Å²) in [7, 11) is 4.58. The molecular weight excluding hydrogens is 657 g/mol. The second kappa shape index (κ2) is 9.92. The summed E-state index contributed by atoms with van der Waals surface area (Å²) in [6, 6.07) is 22.7.